The fraction of sp³-hybridized carbons (Fsp3) is 0.0556. The van der Waals surface area contributed by atoms with Crippen molar-refractivity contribution < 1.29 is 4.79 Å². The van der Waals surface area contributed by atoms with Gasteiger partial charge in [0, 0.05) is 30.8 Å². The Labute approximate surface area is 155 Å². The number of benzene rings is 1. The van der Waals surface area contributed by atoms with Crippen LogP contribution in [0.5, 0.6) is 0 Å². The molecule has 0 atom stereocenters. The number of nitrogens with one attached hydrogen (secondary N) is 2. The van der Waals surface area contributed by atoms with Crippen LogP contribution in [-0.2, 0) is 6.54 Å². The summed E-state index contributed by atoms with van der Waals surface area (Å²) in [5, 5.41) is 6.89. The predicted octanol–water partition coefficient (Wildman–Crippen LogP) is 4.46. The summed E-state index contributed by atoms with van der Waals surface area (Å²) in [5.74, 6) is 0.412. The van der Waals surface area contributed by atoms with Gasteiger partial charge in [-0.2, -0.15) is 0 Å². The highest BCUT2D eigenvalue weighted by Crippen LogP contribution is 2.26. The van der Waals surface area contributed by atoms with Crippen molar-refractivity contribution in [3.63, 3.8) is 0 Å². The third-order valence-electron chi connectivity index (χ3n) is 3.42. The zero-order valence-corrected chi connectivity index (χ0v) is 14.6. The van der Waals surface area contributed by atoms with Crippen molar-refractivity contribution in [2.75, 3.05) is 5.32 Å². The molecule has 2 N–H and O–H groups in total. The van der Waals surface area contributed by atoms with Crippen LogP contribution in [0.2, 0.25) is 10.0 Å². The highest BCUT2D eigenvalue weighted by molar-refractivity contribution is 6.42. The molecule has 3 rings (SSSR count). The number of carbonyl (C=O) groups is 1. The zero-order chi connectivity index (χ0) is 17.6. The molecule has 0 fully saturated rings. The predicted molar refractivity (Wildman–Crippen MR) is 99.4 cm³/mol. The van der Waals surface area contributed by atoms with Gasteiger partial charge in [-0.25, -0.2) is 4.98 Å². The smallest absolute Gasteiger partial charge is 0.253 e. The average Bonchev–Trinajstić information content (AvgIpc) is 2.64. The van der Waals surface area contributed by atoms with Crippen molar-refractivity contribution in [1.29, 1.82) is 0 Å². The summed E-state index contributed by atoms with van der Waals surface area (Å²) in [5.41, 5.74) is 2.22. The Balaban J connectivity index is 1.61. The summed E-state index contributed by atoms with van der Waals surface area (Å²) in [7, 11) is 0. The number of anilines is 2. The van der Waals surface area contributed by atoms with Crippen LogP contribution in [0.4, 0.5) is 11.5 Å². The number of carbonyl (C=O) groups excluding carboxylic acids is 1. The second kappa shape index (κ2) is 7.96. The van der Waals surface area contributed by atoms with E-state index in [0.717, 1.165) is 11.3 Å². The lowest BCUT2D eigenvalue weighted by Crippen LogP contribution is -2.22. The topological polar surface area (TPSA) is 66.9 Å². The number of rotatable bonds is 5. The van der Waals surface area contributed by atoms with Gasteiger partial charge in [-0.15, -0.1) is 0 Å². The maximum Gasteiger partial charge on any atom is 0.253 e. The van der Waals surface area contributed by atoms with Crippen molar-refractivity contribution in [1.82, 2.24) is 15.3 Å². The van der Waals surface area contributed by atoms with Gasteiger partial charge in [-0.05, 0) is 48.0 Å². The first-order valence-electron chi connectivity index (χ1n) is 7.47. The molecule has 126 valence electrons. The zero-order valence-electron chi connectivity index (χ0n) is 13.0. The Morgan fingerprint density at radius 2 is 1.80 bits per heavy atom. The van der Waals surface area contributed by atoms with Crippen molar-refractivity contribution in [3.05, 3.63) is 82.2 Å². The summed E-state index contributed by atoms with van der Waals surface area (Å²) in [6.07, 6.45) is 4.89. The SMILES string of the molecule is O=C(NCc1ccncc1)c1ccc(Nc2ccc(Cl)c(Cl)c2)nc1. The van der Waals surface area contributed by atoms with E-state index in [1.165, 1.54) is 6.20 Å². The molecule has 3 aromatic rings. The summed E-state index contributed by atoms with van der Waals surface area (Å²) in [4.78, 5) is 20.3. The number of nitrogens with zero attached hydrogens (tertiary/aromatic N) is 2. The van der Waals surface area contributed by atoms with Gasteiger partial charge in [0.25, 0.3) is 5.91 Å². The van der Waals surface area contributed by atoms with Gasteiger partial charge in [-0.3, -0.25) is 9.78 Å². The van der Waals surface area contributed by atoms with E-state index in [9.17, 15) is 4.79 Å². The highest BCUT2D eigenvalue weighted by atomic mass is 35.5. The van der Waals surface area contributed by atoms with E-state index in [0.29, 0.717) is 28.0 Å². The summed E-state index contributed by atoms with van der Waals surface area (Å²) in [6, 6.07) is 12.3. The van der Waals surface area contributed by atoms with Gasteiger partial charge < -0.3 is 10.6 Å². The second-order valence-electron chi connectivity index (χ2n) is 5.22. The van der Waals surface area contributed by atoms with Gasteiger partial charge in [0.1, 0.15) is 5.82 Å². The van der Waals surface area contributed by atoms with Crippen molar-refractivity contribution in [2.24, 2.45) is 0 Å². The molecule has 0 aliphatic heterocycles. The molecule has 0 aliphatic carbocycles. The van der Waals surface area contributed by atoms with Gasteiger partial charge >= 0.3 is 0 Å². The molecule has 5 nitrogen and oxygen atoms in total. The molecule has 25 heavy (non-hydrogen) atoms. The summed E-state index contributed by atoms with van der Waals surface area (Å²) >= 11 is 11.9. The molecule has 0 unspecified atom stereocenters. The van der Waals surface area contributed by atoms with Crippen LogP contribution in [-0.4, -0.2) is 15.9 Å². The number of hydrogen-bond donors (Lipinski definition) is 2. The first-order chi connectivity index (χ1) is 12.1. The molecule has 0 saturated carbocycles. The first kappa shape index (κ1) is 17.2. The standard InChI is InChI=1S/C18H14Cl2N4O/c19-15-3-2-14(9-16(15)20)24-17-4-1-13(11-22-17)18(25)23-10-12-5-7-21-8-6-12/h1-9,11H,10H2,(H,22,24)(H,23,25). The minimum Gasteiger partial charge on any atom is -0.348 e. The van der Waals surface area contributed by atoms with Crippen LogP contribution in [0.3, 0.4) is 0 Å². The molecule has 2 heterocycles. The molecular weight excluding hydrogens is 359 g/mol. The Morgan fingerprint density at radius 3 is 2.48 bits per heavy atom. The molecule has 1 amide bonds. The molecular formula is C18H14Cl2N4O. The van der Waals surface area contributed by atoms with E-state index < -0.39 is 0 Å². The maximum atomic E-state index is 12.2. The van der Waals surface area contributed by atoms with Crippen LogP contribution in [0.1, 0.15) is 15.9 Å². The normalized spacial score (nSPS) is 10.3. The van der Waals surface area contributed by atoms with Crippen molar-refractivity contribution >= 4 is 40.6 Å². The molecule has 0 spiro atoms. The maximum absolute atomic E-state index is 12.2. The number of amides is 1. The molecule has 0 aliphatic rings. The van der Waals surface area contributed by atoms with Crippen LogP contribution in [0.15, 0.2) is 61.1 Å². The average molecular weight is 373 g/mol. The Bertz CT molecular complexity index is 870. The molecule has 1 aromatic carbocycles. The monoisotopic (exact) mass is 372 g/mol. The lowest BCUT2D eigenvalue weighted by Gasteiger charge is -2.08. The molecule has 0 radical (unpaired) electrons. The third kappa shape index (κ3) is 4.68. The molecule has 0 bridgehead atoms. The van der Waals surface area contributed by atoms with Gasteiger partial charge in [0.05, 0.1) is 15.6 Å². The largest absolute Gasteiger partial charge is 0.348 e. The van der Waals surface area contributed by atoms with E-state index in [-0.39, 0.29) is 5.91 Å². The third-order valence-corrected chi connectivity index (χ3v) is 4.16. The Hall–Kier alpha value is -2.63. The minimum absolute atomic E-state index is 0.189. The molecule has 0 saturated heterocycles. The van der Waals surface area contributed by atoms with E-state index in [1.807, 2.05) is 12.1 Å². The minimum atomic E-state index is -0.189. The van der Waals surface area contributed by atoms with Gasteiger partial charge in [0.2, 0.25) is 0 Å². The molecule has 2 aromatic heterocycles. The lowest BCUT2D eigenvalue weighted by atomic mass is 10.2. The van der Waals surface area contributed by atoms with E-state index >= 15 is 0 Å². The fourth-order valence-corrected chi connectivity index (χ4v) is 2.41. The lowest BCUT2D eigenvalue weighted by molar-refractivity contribution is 0.0950. The molecule has 7 heteroatoms. The van der Waals surface area contributed by atoms with Crippen LogP contribution in [0.25, 0.3) is 0 Å². The van der Waals surface area contributed by atoms with Crippen LogP contribution in [0, 0.1) is 0 Å². The number of halogens is 2. The van der Waals surface area contributed by atoms with Crippen LogP contribution >= 0.6 is 23.2 Å². The fourth-order valence-electron chi connectivity index (χ4n) is 2.11. The van der Waals surface area contributed by atoms with Gasteiger partial charge in [0.15, 0.2) is 0 Å². The van der Waals surface area contributed by atoms with Crippen molar-refractivity contribution in [2.45, 2.75) is 6.54 Å². The Kier molecular flexibility index (Phi) is 5.48. The number of aromatic nitrogens is 2. The number of pyridine rings is 2. The van der Waals surface area contributed by atoms with Gasteiger partial charge in [-0.1, -0.05) is 23.2 Å². The van der Waals surface area contributed by atoms with E-state index in [4.69, 9.17) is 23.2 Å². The van der Waals surface area contributed by atoms with Crippen molar-refractivity contribution in [3.8, 4) is 0 Å². The summed E-state index contributed by atoms with van der Waals surface area (Å²) < 4.78 is 0. The Morgan fingerprint density at radius 1 is 1.00 bits per heavy atom. The van der Waals surface area contributed by atoms with E-state index in [2.05, 4.69) is 20.6 Å². The van der Waals surface area contributed by atoms with Crippen LogP contribution < -0.4 is 10.6 Å². The van der Waals surface area contributed by atoms with E-state index in [1.54, 1.807) is 42.7 Å². The number of hydrogen-bond acceptors (Lipinski definition) is 4. The summed E-state index contributed by atoms with van der Waals surface area (Å²) in [6.45, 7) is 0.435. The first-order valence-corrected chi connectivity index (χ1v) is 8.22. The quantitative estimate of drug-likeness (QED) is 0.693. The second-order valence-corrected chi connectivity index (χ2v) is 6.04. The highest BCUT2D eigenvalue weighted by Gasteiger charge is 2.07.